The second-order valence-corrected chi connectivity index (χ2v) is 7.54. The molecule has 0 aliphatic carbocycles. The molecule has 0 amide bonds. The van der Waals surface area contributed by atoms with Crippen LogP contribution in [0.3, 0.4) is 0 Å². The molecule has 0 aliphatic heterocycles. The molecule has 31 heavy (non-hydrogen) atoms. The molecule has 9 heteroatoms. The molecule has 0 radical (unpaired) electrons. The van der Waals surface area contributed by atoms with E-state index in [2.05, 4.69) is 38.9 Å². The number of fused-ring (bicyclic) bond motifs is 1. The molecule has 0 saturated carbocycles. The highest BCUT2D eigenvalue weighted by molar-refractivity contribution is 5.73. The van der Waals surface area contributed by atoms with Gasteiger partial charge in [0.2, 0.25) is 0 Å². The van der Waals surface area contributed by atoms with Gasteiger partial charge in [0.25, 0.3) is 0 Å². The zero-order valence-corrected chi connectivity index (χ0v) is 17.1. The lowest BCUT2D eigenvalue weighted by Crippen LogP contribution is -2.17. The summed E-state index contributed by atoms with van der Waals surface area (Å²) in [7, 11) is 0. The highest BCUT2D eigenvalue weighted by Gasteiger charge is 2.16. The van der Waals surface area contributed by atoms with E-state index in [-0.39, 0.29) is 11.6 Å². The van der Waals surface area contributed by atoms with Gasteiger partial charge >= 0.3 is 5.69 Å². The zero-order valence-electron chi connectivity index (χ0n) is 17.1. The van der Waals surface area contributed by atoms with Crippen molar-refractivity contribution in [3.05, 3.63) is 83.2 Å². The molecule has 4 heterocycles. The highest BCUT2D eigenvalue weighted by atomic mass is 16.1. The van der Waals surface area contributed by atoms with Crippen LogP contribution in [0.1, 0.15) is 31.0 Å². The molecular weight excluding hydrogens is 392 g/mol. The summed E-state index contributed by atoms with van der Waals surface area (Å²) < 4.78 is 3.40. The van der Waals surface area contributed by atoms with Gasteiger partial charge in [0.1, 0.15) is 11.8 Å². The van der Waals surface area contributed by atoms with Gasteiger partial charge in [-0.25, -0.2) is 29.4 Å². The van der Waals surface area contributed by atoms with Crippen LogP contribution < -0.4 is 5.69 Å². The van der Waals surface area contributed by atoms with Gasteiger partial charge in [-0.05, 0) is 29.7 Å². The molecule has 1 aromatic carbocycles. The largest absolute Gasteiger partial charge is 0.328 e. The molecule has 1 N–H and O–H groups in total. The molecule has 5 rings (SSSR count). The number of aromatic amines is 1. The van der Waals surface area contributed by atoms with Crippen LogP contribution in [0.15, 0.2) is 66.2 Å². The lowest BCUT2D eigenvalue weighted by Gasteiger charge is -2.10. The number of H-pyrrole nitrogens is 1. The van der Waals surface area contributed by atoms with E-state index in [1.165, 1.54) is 6.33 Å². The Kier molecular flexibility index (Phi) is 4.62. The SMILES string of the molecule is CC(C)c1ncncc1-c1ncc2[nH]c(=O)n(Cc3ccc(-n4cccn4)cc3)c2n1. The Bertz CT molecular complexity index is 1400. The Morgan fingerprint density at radius 1 is 1.10 bits per heavy atom. The van der Waals surface area contributed by atoms with Crippen molar-refractivity contribution >= 4 is 11.2 Å². The molecule has 5 aromatic rings. The monoisotopic (exact) mass is 412 g/mol. The van der Waals surface area contributed by atoms with E-state index in [4.69, 9.17) is 4.98 Å². The third kappa shape index (κ3) is 3.50. The summed E-state index contributed by atoms with van der Waals surface area (Å²) in [5, 5.41) is 4.23. The quantitative estimate of drug-likeness (QED) is 0.476. The molecule has 0 atom stereocenters. The summed E-state index contributed by atoms with van der Waals surface area (Å²) in [6.45, 7) is 4.50. The first-order chi connectivity index (χ1) is 15.1. The number of hydrogen-bond donors (Lipinski definition) is 1. The molecule has 0 unspecified atom stereocenters. The van der Waals surface area contributed by atoms with Crippen LogP contribution in [0.2, 0.25) is 0 Å². The number of aromatic nitrogens is 8. The average molecular weight is 412 g/mol. The third-order valence-electron chi connectivity index (χ3n) is 5.09. The summed E-state index contributed by atoms with van der Waals surface area (Å²) in [6, 6.07) is 9.77. The topological polar surface area (TPSA) is 107 Å². The first-order valence-corrected chi connectivity index (χ1v) is 9.95. The second-order valence-electron chi connectivity index (χ2n) is 7.54. The van der Waals surface area contributed by atoms with E-state index in [1.54, 1.807) is 27.8 Å². The Hall–Kier alpha value is -4.14. The normalized spacial score (nSPS) is 11.5. The number of benzene rings is 1. The van der Waals surface area contributed by atoms with E-state index in [9.17, 15) is 4.79 Å². The summed E-state index contributed by atoms with van der Waals surface area (Å²) >= 11 is 0. The Morgan fingerprint density at radius 3 is 2.68 bits per heavy atom. The molecule has 154 valence electrons. The predicted octanol–water partition coefficient (Wildman–Crippen LogP) is 2.93. The van der Waals surface area contributed by atoms with Crippen molar-refractivity contribution in [1.82, 2.24) is 39.3 Å². The fourth-order valence-corrected chi connectivity index (χ4v) is 3.55. The Morgan fingerprint density at radius 2 is 1.94 bits per heavy atom. The summed E-state index contributed by atoms with van der Waals surface area (Å²) in [5.41, 5.74) is 4.47. The number of rotatable bonds is 5. The maximum absolute atomic E-state index is 12.6. The minimum Gasteiger partial charge on any atom is -0.303 e. The lowest BCUT2D eigenvalue weighted by molar-refractivity contribution is 0.775. The van der Waals surface area contributed by atoms with E-state index in [0.29, 0.717) is 23.5 Å². The van der Waals surface area contributed by atoms with Crippen LogP contribution in [0.4, 0.5) is 0 Å². The molecule has 0 fully saturated rings. The van der Waals surface area contributed by atoms with Crippen molar-refractivity contribution in [2.24, 2.45) is 0 Å². The first kappa shape index (κ1) is 18.9. The minimum absolute atomic E-state index is 0.194. The van der Waals surface area contributed by atoms with Gasteiger partial charge in [0.05, 0.1) is 29.7 Å². The van der Waals surface area contributed by atoms with E-state index in [0.717, 1.165) is 22.5 Å². The first-order valence-electron chi connectivity index (χ1n) is 9.95. The minimum atomic E-state index is -0.231. The van der Waals surface area contributed by atoms with Crippen LogP contribution in [-0.4, -0.2) is 39.3 Å². The van der Waals surface area contributed by atoms with Crippen molar-refractivity contribution in [3.63, 3.8) is 0 Å². The van der Waals surface area contributed by atoms with Gasteiger partial charge in [-0.2, -0.15) is 5.10 Å². The smallest absolute Gasteiger partial charge is 0.303 e. The Labute approximate surface area is 177 Å². The van der Waals surface area contributed by atoms with Gasteiger partial charge in [0, 0.05) is 18.6 Å². The number of nitrogens with zero attached hydrogens (tertiary/aromatic N) is 7. The summed E-state index contributed by atoms with van der Waals surface area (Å²) in [6.07, 6.45) is 8.49. The van der Waals surface area contributed by atoms with Crippen molar-refractivity contribution < 1.29 is 0 Å². The average Bonchev–Trinajstić information content (AvgIpc) is 3.43. The van der Waals surface area contributed by atoms with Crippen molar-refractivity contribution in [2.45, 2.75) is 26.3 Å². The van der Waals surface area contributed by atoms with Crippen molar-refractivity contribution in [2.75, 3.05) is 0 Å². The predicted molar refractivity (Wildman–Crippen MR) is 116 cm³/mol. The van der Waals surface area contributed by atoms with E-state index >= 15 is 0 Å². The molecule has 0 aliphatic rings. The molecule has 0 saturated heterocycles. The standard InChI is InChI=1S/C22H20N8O/c1-14(2)19-17(10-23-13-25-19)20-24-11-18-21(28-20)29(22(31)27-18)12-15-4-6-16(7-5-15)30-9-3-8-26-30/h3-11,13-14H,12H2,1-2H3,(H,27,31). The summed E-state index contributed by atoms with van der Waals surface area (Å²) in [4.78, 5) is 33.1. The van der Waals surface area contributed by atoms with E-state index < -0.39 is 0 Å². The Balaban J connectivity index is 1.53. The zero-order chi connectivity index (χ0) is 21.4. The molecule has 0 spiro atoms. The van der Waals surface area contributed by atoms with Gasteiger partial charge in [-0.1, -0.05) is 26.0 Å². The maximum atomic E-state index is 12.6. The van der Waals surface area contributed by atoms with E-state index in [1.807, 2.05) is 36.5 Å². The van der Waals surface area contributed by atoms with Crippen molar-refractivity contribution in [3.8, 4) is 17.1 Å². The van der Waals surface area contributed by atoms with Crippen LogP contribution in [0.5, 0.6) is 0 Å². The van der Waals surface area contributed by atoms with Crippen LogP contribution in [-0.2, 0) is 6.54 Å². The van der Waals surface area contributed by atoms with Gasteiger partial charge in [-0.15, -0.1) is 0 Å². The van der Waals surface area contributed by atoms with Crippen molar-refractivity contribution in [1.29, 1.82) is 0 Å². The molecule has 0 bridgehead atoms. The van der Waals surface area contributed by atoms with Crippen LogP contribution >= 0.6 is 0 Å². The highest BCUT2D eigenvalue weighted by Crippen LogP contribution is 2.24. The molecular formula is C22H20N8O. The second kappa shape index (κ2) is 7.60. The lowest BCUT2D eigenvalue weighted by atomic mass is 10.0. The number of hydrogen-bond acceptors (Lipinski definition) is 6. The van der Waals surface area contributed by atoms with Gasteiger partial charge in [0.15, 0.2) is 11.5 Å². The van der Waals surface area contributed by atoms with Crippen LogP contribution in [0, 0.1) is 0 Å². The third-order valence-corrected chi connectivity index (χ3v) is 5.09. The number of imidazole rings is 1. The van der Waals surface area contributed by atoms with Crippen LogP contribution in [0.25, 0.3) is 28.2 Å². The van der Waals surface area contributed by atoms with Gasteiger partial charge in [-0.3, -0.25) is 4.57 Å². The molecule has 9 nitrogen and oxygen atoms in total. The fourth-order valence-electron chi connectivity index (χ4n) is 3.55. The fraction of sp³-hybridized carbons (Fsp3) is 0.182. The van der Waals surface area contributed by atoms with Gasteiger partial charge < -0.3 is 4.98 Å². The maximum Gasteiger partial charge on any atom is 0.328 e. The summed E-state index contributed by atoms with van der Waals surface area (Å²) in [5.74, 6) is 0.692. The number of nitrogens with one attached hydrogen (secondary N) is 1. The molecule has 4 aromatic heterocycles.